The van der Waals surface area contributed by atoms with Crippen molar-refractivity contribution in [2.45, 2.75) is 0 Å². The fourth-order valence-electron chi connectivity index (χ4n) is 1.07. The van der Waals surface area contributed by atoms with Gasteiger partial charge in [-0.15, -0.1) is 0 Å². The first-order chi connectivity index (χ1) is 7.86. The number of nitrogens with one attached hydrogen (secondary N) is 1. The summed E-state index contributed by atoms with van der Waals surface area (Å²) in [5.41, 5.74) is 4.19. The Hall–Kier alpha value is -2.13. The van der Waals surface area contributed by atoms with E-state index in [-0.39, 0.29) is 0 Å². The van der Waals surface area contributed by atoms with Crippen LogP contribution in [0, 0.1) is 0 Å². The molecule has 82 valence electrons. The lowest BCUT2D eigenvalue weighted by Crippen LogP contribution is -2.05. The lowest BCUT2D eigenvalue weighted by Gasteiger charge is -1.94. The topological polar surface area (TPSA) is 55.1 Å². The number of hydrazine groups is 1. The lowest BCUT2D eigenvalue weighted by molar-refractivity contribution is 0.112. The van der Waals surface area contributed by atoms with Crippen LogP contribution in [0.2, 0.25) is 0 Å². The fraction of sp³-hybridized carbons (Fsp3) is 0. The quantitative estimate of drug-likeness (QED) is 0.458. The first-order valence-corrected chi connectivity index (χ1v) is 4.88. The van der Waals surface area contributed by atoms with Crippen LogP contribution in [-0.4, -0.2) is 6.29 Å². The molecular weight excluding hydrogens is 200 g/mol. The van der Waals surface area contributed by atoms with Crippen LogP contribution in [0.25, 0.3) is 0 Å². The number of hydrogen-bond acceptors (Lipinski definition) is 3. The van der Waals surface area contributed by atoms with Crippen molar-refractivity contribution in [3.63, 3.8) is 0 Å². The Morgan fingerprint density at radius 3 is 1.69 bits per heavy atom. The molecule has 0 heterocycles. The van der Waals surface area contributed by atoms with E-state index in [0.29, 0.717) is 0 Å². The Kier molecular flexibility index (Phi) is 5.37. The summed E-state index contributed by atoms with van der Waals surface area (Å²) in [4.78, 5) is 10.0. The number of hydrogen-bond donors (Lipinski definition) is 2. The number of anilines is 1. The molecule has 0 atom stereocenters. The van der Waals surface area contributed by atoms with E-state index in [0.717, 1.165) is 17.5 Å². The fourth-order valence-corrected chi connectivity index (χ4v) is 1.07. The van der Waals surface area contributed by atoms with Crippen molar-refractivity contribution in [3.05, 3.63) is 66.2 Å². The van der Waals surface area contributed by atoms with E-state index in [4.69, 9.17) is 5.84 Å². The second kappa shape index (κ2) is 7.20. The lowest BCUT2D eigenvalue weighted by atomic mass is 10.2. The summed E-state index contributed by atoms with van der Waals surface area (Å²) < 4.78 is 0. The van der Waals surface area contributed by atoms with Crippen LogP contribution in [0.4, 0.5) is 5.69 Å². The zero-order valence-electron chi connectivity index (χ0n) is 8.84. The Balaban J connectivity index is 0.000000160. The molecule has 0 amide bonds. The maximum atomic E-state index is 10.0. The maximum absolute atomic E-state index is 10.0. The predicted octanol–water partition coefficient (Wildman–Crippen LogP) is 2.47. The number of aldehydes is 1. The van der Waals surface area contributed by atoms with Gasteiger partial charge < -0.3 is 5.43 Å². The van der Waals surface area contributed by atoms with Crippen LogP contribution in [0.1, 0.15) is 10.4 Å². The molecular formula is C13H14N2O. The van der Waals surface area contributed by atoms with Crippen LogP contribution in [0.5, 0.6) is 0 Å². The van der Waals surface area contributed by atoms with E-state index in [1.807, 2.05) is 48.5 Å². The number of rotatable bonds is 2. The van der Waals surface area contributed by atoms with Crippen LogP contribution < -0.4 is 11.3 Å². The number of para-hydroxylation sites is 1. The Labute approximate surface area is 94.9 Å². The van der Waals surface area contributed by atoms with Crippen molar-refractivity contribution in [1.29, 1.82) is 0 Å². The van der Waals surface area contributed by atoms with E-state index >= 15 is 0 Å². The molecule has 0 bridgehead atoms. The van der Waals surface area contributed by atoms with Crippen LogP contribution in [0.3, 0.4) is 0 Å². The molecule has 0 saturated carbocycles. The zero-order chi connectivity index (χ0) is 11.6. The van der Waals surface area contributed by atoms with Gasteiger partial charge in [0.25, 0.3) is 0 Å². The number of benzene rings is 2. The van der Waals surface area contributed by atoms with Crippen molar-refractivity contribution in [3.8, 4) is 0 Å². The first kappa shape index (κ1) is 11.9. The highest BCUT2D eigenvalue weighted by Crippen LogP contribution is 2.00. The Morgan fingerprint density at radius 2 is 1.38 bits per heavy atom. The molecule has 0 saturated heterocycles. The highest BCUT2D eigenvalue weighted by Gasteiger charge is 1.80. The third kappa shape index (κ3) is 4.39. The normalized spacial score (nSPS) is 8.56. The second-order valence-electron chi connectivity index (χ2n) is 3.04. The SMILES string of the molecule is NNc1ccccc1.O=Cc1ccccc1. The van der Waals surface area contributed by atoms with Crippen molar-refractivity contribution in [1.82, 2.24) is 0 Å². The Morgan fingerprint density at radius 1 is 0.875 bits per heavy atom. The van der Waals surface area contributed by atoms with Crippen molar-refractivity contribution >= 4 is 12.0 Å². The molecule has 0 radical (unpaired) electrons. The highest BCUT2D eigenvalue weighted by molar-refractivity contribution is 5.74. The third-order valence-corrected chi connectivity index (χ3v) is 1.88. The van der Waals surface area contributed by atoms with E-state index in [1.54, 1.807) is 12.1 Å². The van der Waals surface area contributed by atoms with Gasteiger partial charge in [-0.2, -0.15) is 0 Å². The molecule has 2 rings (SSSR count). The van der Waals surface area contributed by atoms with Gasteiger partial charge in [0, 0.05) is 11.3 Å². The molecule has 0 unspecified atom stereocenters. The van der Waals surface area contributed by atoms with Crippen LogP contribution >= 0.6 is 0 Å². The summed E-state index contributed by atoms with van der Waals surface area (Å²) in [6, 6.07) is 18.7. The van der Waals surface area contributed by atoms with Crippen molar-refractivity contribution < 1.29 is 4.79 Å². The van der Waals surface area contributed by atoms with Gasteiger partial charge in [-0.3, -0.25) is 10.6 Å². The summed E-state index contributed by atoms with van der Waals surface area (Å²) in [5, 5.41) is 0. The molecule has 0 aliphatic heterocycles. The van der Waals surface area contributed by atoms with Gasteiger partial charge in [-0.05, 0) is 12.1 Å². The predicted molar refractivity (Wildman–Crippen MR) is 66.1 cm³/mol. The van der Waals surface area contributed by atoms with Crippen LogP contribution in [0.15, 0.2) is 60.7 Å². The summed E-state index contributed by atoms with van der Waals surface area (Å²) in [7, 11) is 0. The average Bonchev–Trinajstić information content (AvgIpc) is 2.41. The summed E-state index contributed by atoms with van der Waals surface area (Å²) in [6.45, 7) is 0. The summed E-state index contributed by atoms with van der Waals surface area (Å²) in [5.74, 6) is 5.10. The van der Waals surface area contributed by atoms with Gasteiger partial charge in [-0.1, -0.05) is 48.5 Å². The van der Waals surface area contributed by atoms with Gasteiger partial charge in [0.1, 0.15) is 6.29 Å². The molecule has 2 aromatic rings. The summed E-state index contributed by atoms with van der Waals surface area (Å²) >= 11 is 0. The minimum Gasteiger partial charge on any atom is -0.324 e. The van der Waals surface area contributed by atoms with Gasteiger partial charge in [0.15, 0.2) is 0 Å². The Bertz CT molecular complexity index is 401. The summed E-state index contributed by atoms with van der Waals surface area (Å²) in [6.07, 6.45) is 0.833. The minimum atomic E-state index is 0.729. The van der Waals surface area contributed by atoms with Crippen molar-refractivity contribution in [2.24, 2.45) is 5.84 Å². The average molecular weight is 214 g/mol. The second-order valence-corrected chi connectivity index (χ2v) is 3.04. The van der Waals surface area contributed by atoms with E-state index in [1.165, 1.54) is 0 Å². The molecule has 0 aliphatic rings. The number of nitrogens with two attached hydrogens (primary N) is 1. The standard InChI is InChI=1S/C7H6O.C6H8N2/c8-6-7-4-2-1-3-5-7;7-8-6-4-2-1-3-5-6/h1-6H;1-5,8H,7H2. The van der Waals surface area contributed by atoms with E-state index in [9.17, 15) is 4.79 Å². The molecule has 2 aromatic carbocycles. The zero-order valence-corrected chi connectivity index (χ0v) is 8.84. The monoisotopic (exact) mass is 214 g/mol. The number of carbonyl (C=O) groups excluding carboxylic acids is 1. The molecule has 3 N–H and O–H groups in total. The molecule has 0 fully saturated rings. The molecule has 0 aliphatic carbocycles. The number of nitrogen functional groups attached to an aromatic ring is 1. The minimum absolute atomic E-state index is 0.729. The maximum Gasteiger partial charge on any atom is 0.150 e. The van der Waals surface area contributed by atoms with E-state index < -0.39 is 0 Å². The van der Waals surface area contributed by atoms with Crippen LogP contribution in [-0.2, 0) is 0 Å². The molecule has 3 heteroatoms. The van der Waals surface area contributed by atoms with Crippen molar-refractivity contribution in [2.75, 3.05) is 5.43 Å². The largest absolute Gasteiger partial charge is 0.324 e. The molecule has 3 nitrogen and oxygen atoms in total. The highest BCUT2D eigenvalue weighted by atomic mass is 16.1. The third-order valence-electron chi connectivity index (χ3n) is 1.88. The number of carbonyl (C=O) groups is 1. The van der Waals surface area contributed by atoms with E-state index in [2.05, 4.69) is 5.43 Å². The van der Waals surface area contributed by atoms with Gasteiger partial charge in [0.05, 0.1) is 0 Å². The van der Waals surface area contributed by atoms with Gasteiger partial charge in [-0.25, -0.2) is 0 Å². The molecule has 0 aromatic heterocycles. The molecule has 16 heavy (non-hydrogen) atoms. The van der Waals surface area contributed by atoms with Gasteiger partial charge >= 0.3 is 0 Å². The smallest absolute Gasteiger partial charge is 0.150 e. The first-order valence-electron chi connectivity index (χ1n) is 4.88. The molecule has 0 spiro atoms. The van der Waals surface area contributed by atoms with Gasteiger partial charge in [0.2, 0.25) is 0 Å².